The van der Waals surface area contributed by atoms with Gasteiger partial charge >= 0.3 is 11.9 Å². The van der Waals surface area contributed by atoms with Crippen LogP contribution in [0.25, 0.3) is 16.6 Å². The van der Waals surface area contributed by atoms with E-state index in [0.717, 1.165) is 22.8 Å². The Balaban J connectivity index is 2.31. The van der Waals surface area contributed by atoms with Crippen molar-refractivity contribution < 1.29 is 22.0 Å². The quantitative estimate of drug-likeness (QED) is 0.674. The molecule has 0 unspecified atom stereocenters. The third-order valence-electron chi connectivity index (χ3n) is 3.95. The monoisotopic (exact) mass is 383 g/mol. The standard InChI is InChI=1S/C18H14F5N3O/c19-9-12(10-20)24-16-14-7-6-11(18(21,22)23)8-15(14)26(17(27)25-16)13-4-2-1-3-5-13/h1-8,12H,9-10H2,(H,24,25,27). The van der Waals surface area contributed by atoms with E-state index in [2.05, 4.69) is 10.3 Å². The van der Waals surface area contributed by atoms with E-state index in [1.54, 1.807) is 30.3 Å². The summed E-state index contributed by atoms with van der Waals surface area (Å²) in [5, 5.41) is 2.58. The molecule has 0 atom stereocenters. The highest BCUT2D eigenvalue weighted by Crippen LogP contribution is 2.33. The van der Waals surface area contributed by atoms with Gasteiger partial charge in [0.1, 0.15) is 19.2 Å². The van der Waals surface area contributed by atoms with Gasteiger partial charge in [0.15, 0.2) is 0 Å². The lowest BCUT2D eigenvalue weighted by molar-refractivity contribution is -0.137. The van der Waals surface area contributed by atoms with Crippen LogP contribution in [0.2, 0.25) is 0 Å². The summed E-state index contributed by atoms with van der Waals surface area (Å²) < 4.78 is 66.2. The Morgan fingerprint density at radius 1 is 1.04 bits per heavy atom. The summed E-state index contributed by atoms with van der Waals surface area (Å²) in [6.45, 7) is -2.13. The molecule has 1 aromatic heterocycles. The zero-order chi connectivity index (χ0) is 19.6. The minimum atomic E-state index is -4.62. The van der Waals surface area contributed by atoms with Crippen LogP contribution in [-0.2, 0) is 6.18 Å². The van der Waals surface area contributed by atoms with Crippen LogP contribution >= 0.6 is 0 Å². The molecule has 0 spiro atoms. The third-order valence-corrected chi connectivity index (χ3v) is 3.95. The Labute approximate surface area is 150 Å². The molecule has 0 saturated carbocycles. The fraction of sp³-hybridized carbons (Fsp3) is 0.222. The first kappa shape index (κ1) is 18.8. The highest BCUT2D eigenvalue weighted by atomic mass is 19.4. The minimum absolute atomic E-state index is 0.0741. The second kappa shape index (κ2) is 7.34. The van der Waals surface area contributed by atoms with Gasteiger partial charge in [-0.25, -0.2) is 13.6 Å². The van der Waals surface area contributed by atoms with Crippen LogP contribution in [-0.4, -0.2) is 28.9 Å². The molecule has 4 nitrogen and oxygen atoms in total. The largest absolute Gasteiger partial charge is 0.416 e. The number of halogens is 5. The molecule has 2 aromatic carbocycles. The maximum Gasteiger partial charge on any atom is 0.416 e. The summed E-state index contributed by atoms with van der Waals surface area (Å²) in [6, 6.07) is 9.53. The van der Waals surface area contributed by atoms with Gasteiger partial charge in [0.25, 0.3) is 0 Å². The molecule has 0 aliphatic rings. The summed E-state index contributed by atoms with van der Waals surface area (Å²) in [7, 11) is 0. The van der Waals surface area contributed by atoms with Gasteiger partial charge in [-0.05, 0) is 30.3 Å². The molecule has 0 fully saturated rings. The van der Waals surface area contributed by atoms with Gasteiger partial charge in [-0.1, -0.05) is 18.2 Å². The zero-order valence-electron chi connectivity index (χ0n) is 13.8. The molecule has 0 saturated heterocycles. The normalized spacial score (nSPS) is 11.9. The van der Waals surface area contributed by atoms with Crippen molar-refractivity contribution in [1.82, 2.24) is 9.55 Å². The van der Waals surface area contributed by atoms with Gasteiger partial charge in [0.2, 0.25) is 0 Å². The Morgan fingerprint density at radius 3 is 2.30 bits per heavy atom. The van der Waals surface area contributed by atoms with Crippen LogP contribution in [0, 0.1) is 0 Å². The van der Waals surface area contributed by atoms with Crippen molar-refractivity contribution in [3.8, 4) is 5.69 Å². The maximum absolute atomic E-state index is 13.2. The Kier molecular flexibility index (Phi) is 5.11. The molecule has 3 rings (SSSR count). The van der Waals surface area contributed by atoms with E-state index in [1.807, 2.05) is 0 Å². The molecular formula is C18H14F5N3O. The molecule has 27 heavy (non-hydrogen) atoms. The van der Waals surface area contributed by atoms with Gasteiger partial charge < -0.3 is 5.32 Å². The molecule has 0 bridgehead atoms. The van der Waals surface area contributed by atoms with Crippen molar-refractivity contribution in [1.29, 1.82) is 0 Å². The first-order valence-electron chi connectivity index (χ1n) is 7.93. The Bertz CT molecular complexity index is 998. The minimum Gasteiger partial charge on any atom is -0.361 e. The smallest absolute Gasteiger partial charge is 0.361 e. The first-order chi connectivity index (χ1) is 12.8. The number of hydrogen-bond acceptors (Lipinski definition) is 3. The molecule has 0 radical (unpaired) electrons. The maximum atomic E-state index is 13.2. The van der Waals surface area contributed by atoms with Crippen LogP contribution < -0.4 is 11.0 Å². The van der Waals surface area contributed by atoms with E-state index in [4.69, 9.17) is 0 Å². The molecule has 0 amide bonds. The van der Waals surface area contributed by atoms with Crippen molar-refractivity contribution in [2.24, 2.45) is 0 Å². The van der Waals surface area contributed by atoms with E-state index in [9.17, 15) is 26.7 Å². The zero-order valence-corrected chi connectivity index (χ0v) is 13.8. The van der Waals surface area contributed by atoms with E-state index >= 15 is 0 Å². The number of benzene rings is 2. The van der Waals surface area contributed by atoms with Crippen LogP contribution in [0.15, 0.2) is 53.3 Å². The number of para-hydroxylation sites is 1. The van der Waals surface area contributed by atoms with Crippen molar-refractivity contribution in [3.63, 3.8) is 0 Å². The van der Waals surface area contributed by atoms with Gasteiger partial charge in [-0.15, -0.1) is 0 Å². The molecular weight excluding hydrogens is 369 g/mol. The van der Waals surface area contributed by atoms with E-state index < -0.39 is 36.8 Å². The van der Waals surface area contributed by atoms with Gasteiger partial charge in [-0.3, -0.25) is 4.57 Å². The Morgan fingerprint density at radius 2 is 1.70 bits per heavy atom. The first-order valence-corrected chi connectivity index (χ1v) is 7.93. The molecule has 1 N–H and O–H groups in total. The highest BCUT2D eigenvalue weighted by molar-refractivity contribution is 5.91. The summed E-state index contributed by atoms with van der Waals surface area (Å²) in [4.78, 5) is 16.3. The number of rotatable bonds is 5. The summed E-state index contributed by atoms with van der Waals surface area (Å²) in [6.07, 6.45) is -4.62. The molecule has 142 valence electrons. The van der Waals surface area contributed by atoms with Gasteiger partial charge in [0.05, 0.1) is 22.8 Å². The number of fused-ring (bicyclic) bond motifs is 1. The predicted octanol–water partition coefficient (Wildman–Crippen LogP) is 4.12. The van der Waals surface area contributed by atoms with Crippen molar-refractivity contribution in [2.45, 2.75) is 12.2 Å². The highest BCUT2D eigenvalue weighted by Gasteiger charge is 2.31. The lowest BCUT2D eigenvalue weighted by Gasteiger charge is -2.18. The Hall–Kier alpha value is -2.97. The number of aromatic nitrogens is 2. The average Bonchev–Trinajstić information content (AvgIpc) is 2.65. The molecule has 0 aliphatic heterocycles. The predicted molar refractivity (Wildman–Crippen MR) is 91.7 cm³/mol. The SMILES string of the molecule is O=c1nc(NC(CF)CF)c2ccc(C(F)(F)F)cc2n1-c1ccccc1. The lowest BCUT2D eigenvalue weighted by Crippen LogP contribution is -2.29. The number of hydrogen-bond donors (Lipinski definition) is 1. The number of alkyl halides is 5. The second-order valence-electron chi connectivity index (χ2n) is 5.79. The summed E-state index contributed by atoms with van der Waals surface area (Å²) >= 11 is 0. The van der Waals surface area contributed by atoms with Crippen LogP contribution in [0.5, 0.6) is 0 Å². The van der Waals surface area contributed by atoms with Crippen molar-refractivity contribution in [2.75, 3.05) is 18.7 Å². The molecule has 9 heteroatoms. The molecule has 1 heterocycles. The van der Waals surface area contributed by atoms with Gasteiger partial charge in [-0.2, -0.15) is 18.2 Å². The van der Waals surface area contributed by atoms with E-state index in [1.165, 1.54) is 0 Å². The summed E-state index contributed by atoms with van der Waals surface area (Å²) in [5.74, 6) is -0.170. The van der Waals surface area contributed by atoms with E-state index in [0.29, 0.717) is 5.69 Å². The number of anilines is 1. The van der Waals surface area contributed by atoms with Crippen LogP contribution in [0.4, 0.5) is 27.8 Å². The summed E-state index contributed by atoms with van der Waals surface area (Å²) in [5.41, 5.74) is -1.58. The van der Waals surface area contributed by atoms with Crippen LogP contribution in [0.3, 0.4) is 0 Å². The topological polar surface area (TPSA) is 46.9 Å². The number of nitrogens with zero attached hydrogens (tertiary/aromatic N) is 2. The second-order valence-corrected chi connectivity index (χ2v) is 5.79. The van der Waals surface area contributed by atoms with E-state index in [-0.39, 0.29) is 16.7 Å². The molecule has 3 aromatic rings. The third kappa shape index (κ3) is 3.76. The number of nitrogens with one attached hydrogen (secondary N) is 1. The van der Waals surface area contributed by atoms with Crippen LogP contribution in [0.1, 0.15) is 5.56 Å². The molecule has 0 aliphatic carbocycles. The lowest BCUT2D eigenvalue weighted by atomic mass is 10.1. The van der Waals surface area contributed by atoms with Gasteiger partial charge in [0, 0.05) is 5.39 Å². The fourth-order valence-electron chi connectivity index (χ4n) is 2.65. The van der Waals surface area contributed by atoms with Crippen molar-refractivity contribution in [3.05, 3.63) is 64.6 Å². The average molecular weight is 383 g/mol. The van der Waals surface area contributed by atoms with Crippen molar-refractivity contribution >= 4 is 16.7 Å². The fourth-order valence-corrected chi connectivity index (χ4v) is 2.65.